The first kappa shape index (κ1) is 12.8. The van der Waals surface area contributed by atoms with Crippen molar-refractivity contribution in [1.82, 2.24) is 5.32 Å². The molecule has 0 saturated heterocycles. The number of halogens is 1. The third kappa shape index (κ3) is 3.72. The Kier molecular flexibility index (Phi) is 5.08. The molecular formula is C11H14ClNO3. The van der Waals surface area contributed by atoms with Crippen molar-refractivity contribution in [3.8, 4) is 0 Å². The smallest absolute Gasteiger partial charge is 0.407 e. The Morgan fingerprint density at radius 2 is 2.25 bits per heavy atom. The molecule has 1 aromatic rings. The van der Waals surface area contributed by atoms with Crippen molar-refractivity contribution in [3.05, 3.63) is 34.9 Å². The van der Waals surface area contributed by atoms with Gasteiger partial charge in [0.1, 0.15) is 6.61 Å². The largest absolute Gasteiger partial charge is 0.447 e. The molecule has 0 radical (unpaired) electrons. The number of rotatable bonds is 4. The molecule has 1 amide bonds. The zero-order valence-corrected chi connectivity index (χ0v) is 9.70. The lowest BCUT2D eigenvalue weighted by Gasteiger charge is -2.15. The van der Waals surface area contributed by atoms with Crippen LogP contribution in [0.3, 0.4) is 0 Å². The maximum Gasteiger partial charge on any atom is 0.407 e. The van der Waals surface area contributed by atoms with E-state index in [0.717, 1.165) is 5.56 Å². The first-order valence-electron chi connectivity index (χ1n) is 4.93. The molecule has 0 aliphatic carbocycles. The zero-order chi connectivity index (χ0) is 12.0. The summed E-state index contributed by atoms with van der Waals surface area (Å²) in [5.41, 5.74) is 0.824. The molecular weight excluding hydrogens is 230 g/mol. The van der Waals surface area contributed by atoms with Gasteiger partial charge in [0.2, 0.25) is 0 Å². The summed E-state index contributed by atoms with van der Waals surface area (Å²) in [6, 6.07) is 7.02. The Morgan fingerprint density at radius 3 is 2.88 bits per heavy atom. The molecule has 2 N–H and O–H groups in total. The number of amides is 1. The molecule has 0 saturated carbocycles. The normalized spacial score (nSPS) is 11.9. The molecule has 4 nitrogen and oxygen atoms in total. The number of carbonyl (C=O) groups is 1. The van der Waals surface area contributed by atoms with Gasteiger partial charge in [0.05, 0.1) is 12.6 Å². The Balaban J connectivity index is 2.55. The number of hydrogen-bond acceptors (Lipinski definition) is 3. The molecule has 1 unspecified atom stereocenters. The quantitative estimate of drug-likeness (QED) is 0.852. The summed E-state index contributed by atoms with van der Waals surface area (Å²) in [5.74, 6) is 0. The molecule has 1 atom stereocenters. The number of carbonyl (C=O) groups excluding carboxylic acids is 1. The standard InChI is InChI=1S/C11H14ClNO3/c1-8(13-11(15)16-7-6-14)9-4-2-3-5-10(9)12/h2-5,8,14H,6-7H2,1H3,(H,13,15). The molecule has 1 rings (SSSR count). The number of hydrogen-bond donors (Lipinski definition) is 2. The molecule has 0 aromatic heterocycles. The molecule has 0 fully saturated rings. The third-order valence-electron chi connectivity index (χ3n) is 2.03. The van der Waals surface area contributed by atoms with Crippen LogP contribution < -0.4 is 5.32 Å². The van der Waals surface area contributed by atoms with Gasteiger partial charge in [0, 0.05) is 5.02 Å². The van der Waals surface area contributed by atoms with Gasteiger partial charge >= 0.3 is 6.09 Å². The first-order valence-corrected chi connectivity index (χ1v) is 5.31. The van der Waals surface area contributed by atoms with Crippen molar-refractivity contribution in [2.24, 2.45) is 0 Å². The van der Waals surface area contributed by atoms with Crippen LogP contribution in [0, 0.1) is 0 Å². The SMILES string of the molecule is CC(NC(=O)OCCO)c1ccccc1Cl. The van der Waals surface area contributed by atoms with Crippen LogP contribution in [0.25, 0.3) is 0 Å². The Hall–Kier alpha value is -1.26. The van der Waals surface area contributed by atoms with Gasteiger partial charge in [-0.1, -0.05) is 29.8 Å². The lowest BCUT2D eigenvalue weighted by Crippen LogP contribution is -2.28. The predicted octanol–water partition coefficient (Wildman–Crippen LogP) is 2.12. The Labute approximate surface area is 99.2 Å². The van der Waals surface area contributed by atoms with Crippen molar-refractivity contribution in [2.75, 3.05) is 13.2 Å². The molecule has 0 aliphatic rings. The number of benzene rings is 1. The van der Waals surface area contributed by atoms with Crippen molar-refractivity contribution in [3.63, 3.8) is 0 Å². The Morgan fingerprint density at radius 1 is 1.56 bits per heavy atom. The van der Waals surface area contributed by atoms with E-state index in [4.69, 9.17) is 16.7 Å². The second kappa shape index (κ2) is 6.35. The minimum absolute atomic E-state index is 0.0128. The third-order valence-corrected chi connectivity index (χ3v) is 2.37. The number of nitrogens with one attached hydrogen (secondary N) is 1. The first-order chi connectivity index (χ1) is 7.65. The summed E-state index contributed by atoms with van der Waals surface area (Å²) >= 11 is 5.97. The van der Waals surface area contributed by atoms with E-state index in [2.05, 4.69) is 10.1 Å². The Bertz CT molecular complexity index is 357. The highest BCUT2D eigenvalue weighted by molar-refractivity contribution is 6.31. The van der Waals surface area contributed by atoms with Gasteiger partial charge in [-0.2, -0.15) is 0 Å². The van der Waals surface area contributed by atoms with Gasteiger partial charge in [-0.3, -0.25) is 0 Å². The fraction of sp³-hybridized carbons (Fsp3) is 0.364. The second-order valence-electron chi connectivity index (χ2n) is 3.25. The number of alkyl carbamates (subject to hydrolysis) is 1. The van der Waals surface area contributed by atoms with E-state index in [1.165, 1.54) is 0 Å². The van der Waals surface area contributed by atoms with Crippen LogP contribution in [0.1, 0.15) is 18.5 Å². The lowest BCUT2D eigenvalue weighted by molar-refractivity contribution is 0.116. The molecule has 16 heavy (non-hydrogen) atoms. The van der Waals surface area contributed by atoms with Crippen LogP contribution in [-0.2, 0) is 4.74 Å². The average molecular weight is 244 g/mol. The highest BCUT2D eigenvalue weighted by Crippen LogP contribution is 2.21. The van der Waals surface area contributed by atoms with Crippen LogP contribution in [0.5, 0.6) is 0 Å². The van der Waals surface area contributed by atoms with Crippen LogP contribution in [0.4, 0.5) is 4.79 Å². The van der Waals surface area contributed by atoms with E-state index >= 15 is 0 Å². The van der Waals surface area contributed by atoms with E-state index in [1.54, 1.807) is 13.0 Å². The predicted molar refractivity (Wildman–Crippen MR) is 61.4 cm³/mol. The average Bonchev–Trinajstić information content (AvgIpc) is 2.26. The summed E-state index contributed by atoms with van der Waals surface area (Å²) in [7, 11) is 0. The van der Waals surface area contributed by atoms with Crippen molar-refractivity contribution >= 4 is 17.7 Å². The van der Waals surface area contributed by atoms with Gasteiger partial charge in [0.25, 0.3) is 0 Å². The molecule has 0 heterocycles. The summed E-state index contributed by atoms with van der Waals surface area (Å²) in [4.78, 5) is 11.2. The second-order valence-corrected chi connectivity index (χ2v) is 3.65. The van der Waals surface area contributed by atoms with E-state index < -0.39 is 6.09 Å². The van der Waals surface area contributed by atoms with E-state index in [0.29, 0.717) is 5.02 Å². The maximum absolute atomic E-state index is 11.2. The topological polar surface area (TPSA) is 58.6 Å². The number of ether oxygens (including phenoxy) is 1. The number of aliphatic hydroxyl groups excluding tert-OH is 1. The van der Waals surface area contributed by atoms with Crippen LogP contribution >= 0.6 is 11.6 Å². The van der Waals surface area contributed by atoms with Crippen LogP contribution in [-0.4, -0.2) is 24.4 Å². The maximum atomic E-state index is 11.2. The molecule has 5 heteroatoms. The molecule has 0 spiro atoms. The summed E-state index contributed by atoms with van der Waals surface area (Å²) in [5, 5.41) is 11.7. The summed E-state index contributed by atoms with van der Waals surface area (Å²) in [6.45, 7) is 1.61. The number of aliphatic hydroxyl groups is 1. The molecule has 0 bridgehead atoms. The van der Waals surface area contributed by atoms with Crippen LogP contribution in [0.15, 0.2) is 24.3 Å². The van der Waals surface area contributed by atoms with Gasteiger partial charge in [-0.25, -0.2) is 4.79 Å². The molecule has 1 aromatic carbocycles. The zero-order valence-electron chi connectivity index (χ0n) is 8.94. The van der Waals surface area contributed by atoms with Gasteiger partial charge in [-0.15, -0.1) is 0 Å². The van der Waals surface area contributed by atoms with Crippen molar-refractivity contribution < 1.29 is 14.6 Å². The monoisotopic (exact) mass is 243 g/mol. The highest BCUT2D eigenvalue weighted by Gasteiger charge is 2.12. The summed E-state index contributed by atoms with van der Waals surface area (Å²) < 4.78 is 4.68. The van der Waals surface area contributed by atoms with Crippen molar-refractivity contribution in [2.45, 2.75) is 13.0 Å². The minimum atomic E-state index is -0.568. The van der Waals surface area contributed by atoms with E-state index in [-0.39, 0.29) is 19.3 Å². The van der Waals surface area contributed by atoms with Gasteiger partial charge in [-0.05, 0) is 18.6 Å². The highest BCUT2D eigenvalue weighted by atomic mass is 35.5. The van der Waals surface area contributed by atoms with Crippen molar-refractivity contribution in [1.29, 1.82) is 0 Å². The van der Waals surface area contributed by atoms with Crippen LogP contribution in [0.2, 0.25) is 5.02 Å². The summed E-state index contributed by atoms with van der Waals surface area (Å²) in [6.07, 6.45) is -0.568. The fourth-order valence-corrected chi connectivity index (χ4v) is 1.56. The van der Waals surface area contributed by atoms with E-state index in [9.17, 15) is 4.79 Å². The molecule has 88 valence electrons. The fourth-order valence-electron chi connectivity index (χ4n) is 1.26. The van der Waals surface area contributed by atoms with Gasteiger partial charge < -0.3 is 15.2 Å². The minimum Gasteiger partial charge on any atom is -0.447 e. The van der Waals surface area contributed by atoms with E-state index in [1.807, 2.05) is 18.2 Å². The van der Waals surface area contributed by atoms with Gasteiger partial charge in [0.15, 0.2) is 0 Å². The molecule has 0 aliphatic heterocycles. The lowest BCUT2D eigenvalue weighted by atomic mass is 10.1.